The van der Waals surface area contributed by atoms with Gasteiger partial charge < -0.3 is 9.73 Å². The van der Waals surface area contributed by atoms with Crippen molar-refractivity contribution in [2.45, 2.75) is 26.3 Å². The summed E-state index contributed by atoms with van der Waals surface area (Å²) in [7, 11) is 0. The molecule has 0 bridgehead atoms. The molecular formula is C19H19NO2. The molecule has 3 heteroatoms. The fraction of sp³-hybridized carbons (Fsp3) is 0.211. The molecule has 22 heavy (non-hydrogen) atoms. The molecule has 1 heterocycles. The summed E-state index contributed by atoms with van der Waals surface area (Å²) in [5.41, 5.74) is 4.01. The van der Waals surface area contributed by atoms with E-state index >= 15 is 0 Å². The Morgan fingerprint density at radius 1 is 1.18 bits per heavy atom. The van der Waals surface area contributed by atoms with Crippen LogP contribution < -0.4 is 5.32 Å². The van der Waals surface area contributed by atoms with Crippen LogP contribution in [-0.2, 0) is 11.2 Å². The van der Waals surface area contributed by atoms with Crippen LogP contribution in [0.25, 0.3) is 11.0 Å². The van der Waals surface area contributed by atoms with Gasteiger partial charge in [0.05, 0.1) is 18.7 Å². The number of furan rings is 1. The number of hydrogen-bond acceptors (Lipinski definition) is 2. The van der Waals surface area contributed by atoms with Crippen molar-refractivity contribution in [3.8, 4) is 0 Å². The highest BCUT2D eigenvalue weighted by Gasteiger charge is 2.13. The van der Waals surface area contributed by atoms with Crippen molar-refractivity contribution >= 4 is 16.9 Å². The molecule has 1 amide bonds. The van der Waals surface area contributed by atoms with Crippen LogP contribution in [-0.4, -0.2) is 5.91 Å². The number of fused-ring (bicyclic) bond motifs is 1. The van der Waals surface area contributed by atoms with E-state index in [9.17, 15) is 4.79 Å². The van der Waals surface area contributed by atoms with Gasteiger partial charge in [-0.05, 0) is 31.0 Å². The molecule has 0 aliphatic heterocycles. The normalized spacial score (nSPS) is 12.3. The maximum atomic E-state index is 12.3. The predicted octanol–water partition coefficient (Wildman–Crippen LogP) is 4.16. The van der Waals surface area contributed by atoms with E-state index in [0.29, 0.717) is 6.42 Å². The summed E-state index contributed by atoms with van der Waals surface area (Å²) in [5.74, 6) is -0.000344. The van der Waals surface area contributed by atoms with Crippen molar-refractivity contribution in [2.75, 3.05) is 0 Å². The molecule has 3 nitrogen and oxygen atoms in total. The number of aryl methyl sites for hydroxylation is 1. The predicted molar refractivity (Wildman–Crippen MR) is 87.7 cm³/mol. The topological polar surface area (TPSA) is 42.2 Å². The first-order valence-electron chi connectivity index (χ1n) is 7.44. The van der Waals surface area contributed by atoms with Crippen LogP contribution in [0.4, 0.5) is 0 Å². The molecule has 0 radical (unpaired) electrons. The van der Waals surface area contributed by atoms with Crippen LogP contribution in [0.15, 0.2) is 59.2 Å². The van der Waals surface area contributed by atoms with Gasteiger partial charge in [0.2, 0.25) is 5.91 Å². The number of carbonyl (C=O) groups excluding carboxylic acids is 1. The second-order valence-corrected chi connectivity index (χ2v) is 5.64. The fourth-order valence-corrected chi connectivity index (χ4v) is 2.62. The number of benzene rings is 2. The van der Waals surface area contributed by atoms with E-state index in [1.807, 2.05) is 62.4 Å². The molecule has 1 N–H and O–H groups in total. The van der Waals surface area contributed by atoms with Gasteiger partial charge in [0.25, 0.3) is 0 Å². The molecule has 1 aromatic heterocycles. The smallest absolute Gasteiger partial charge is 0.225 e. The van der Waals surface area contributed by atoms with E-state index in [2.05, 4.69) is 5.32 Å². The van der Waals surface area contributed by atoms with E-state index in [0.717, 1.165) is 27.7 Å². The zero-order valence-electron chi connectivity index (χ0n) is 12.8. The van der Waals surface area contributed by atoms with E-state index in [4.69, 9.17) is 4.42 Å². The van der Waals surface area contributed by atoms with Crippen LogP contribution in [0.2, 0.25) is 0 Å². The van der Waals surface area contributed by atoms with Crippen molar-refractivity contribution in [3.05, 3.63) is 71.5 Å². The van der Waals surface area contributed by atoms with Gasteiger partial charge in [-0.15, -0.1) is 0 Å². The molecule has 1 unspecified atom stereocenters. The minimum Gasteiger partial charge on any atom is -0.464 e. The Morgan fingerprint density at radius 2 is 1.95 bits per heavy atom. The van der Waals surface area contributed by atoms with Crippen LogP contribution in [0.5, 0.6) is 0 Å². The Kier molecular flexibility index (Phi) is 3.96. The third-order valence-corrected chi connectivity index (χ3v) is 3.84. The summed E-state index contributed by atoms with van der Waals surface area (Å²) in [6.45, 7) is 4.01. The van der Waals surface area contributed by atoms with E-state index in [1.165, 1.54) is 0 Å². The first kappa shape index (κ1) is 14.4. The minimum absolute atomic E-state index is 0.000344. The molecule has 0 saturated carbocycles. The summed E-state index contributed by atoms with van der Waals surface area (Å²) in [6, 6.07) is 16.0. The highest BCUT2D eigenvalue weighted by atomic mass is 16.3. The van der Waals surface area contributed by atoms with Crippen LogP contribution in [0.1, 0.15) is 29.7 Å². The molecule has 3 aromatic rings. The lowest BCUT2D eigenvalue weighted by atomic mass is 10.1. The lowest BCUT2D eigenvalue weighted by Crippen LogP contribution is -2.27. The summed E-state index contributed by atoms with van der Waals surface area (Å²) < 4.78 is 5.54. The molecule has 0 saturated heterocycles. The Labute approximate surface area is 130 Å². The van der Waals surface area contributed by atoms with Gasteiger partial charge >= 0.3 is 0 Å². The first-order chi connectivity index (χ1) is 10.6. The minimum atomic E-state index is -0.00545. The number of amides is 1. The quantitative estimate of drug-likeness (QED) is 0.784. The van der Waals surface area contributed by atoms with Crippen LogP contribution in [0, 0.1) is 6.92 Å². The van der Waals surface area contributed by atoms with Crippen LogP contribution >= 0.6 is 0 Å². The fourth-order valence-electron chi connectivity index (χ4n) is 2.62. The molecule has 112 valence electrons. The molecular weight excluding hydrogens is 274 g/mol. The Bertz CT molecular complexity index is 790. The summed E-state index contributed by atoms with van der Waals surface area (Å²) in [6.07, 6.45) is 2.00. The SMILES string of the molecule is Cc1ccc2c(CC(=O)NC(C)c3ccccc3)coc2c1. The van der Waals surface area contributed by atoms with E-state index < -0.39 is 0 Å². The molecule has 0 aliphatic rings. The molecule has 0 spiro atoms. The molecule has 0 aliphatic carbocycles. The average molecular weight is 293 g/mol. The molecule has 3 rings (SSSR count). The second-order valence-electron chi connectivity index (χ2n) is 5.64. The summed E-state index contributed by atoms with van der Waals surface area (Å²) >= 11 is 0. The number of hydrogen-bond donors (Lipinski definition) is 1. The van der Waals surface area contributed by atoms with E-state index in [1.54, 1.807) is 6.26 Å². The van der Waals surface area contributed by atoms with Gasteiger partial charge in [0, 0.05) is 10.9 Å². The van der Waals surface area contributed by atoms with Gasteiger partial charge in [-0.25, -0.2) is 0 Å². The monoisotopic (exact) mass is 293 g/mol. The number of carbonyl (C=O) groups is 1. The van der Waals surface area contributed by atoms with Crippen LogP contribution in [0.3, 0.4) is 0 Å². The number of rotatable bonds is 4. The third-order valence-electron chi connectivity index (χ3n) is 3.84. The van der Waals surface area contributed by atoms with E-state index in [-0.39, 0.29) is 11.9 Å². The maximum absolute atomic E-state index is 12.3. The highest BCUT2D eigenvalue weighted by molar-refractivity contribution is 5.88. The van der Waals surface area contributed by atoms with Crippen molar-refractivity contribution in [2.24, 2.45) is 0 Å². The number of nitrogens with one attached hydrogen (secondary N) is 1. The van der Waals surface area contributed by atoms with Gasteiger partial charge in [-0.2, -0.15) is 0 Å². The molecule has 2 aromatic carbocycles. The van der Waals surface area contributed by atoms with Gasteiger partial charge in [0.1, 0.15) is 5.58 Å². The Morgan fingerprint density at radius 3 is 2.73 bits per heavy atom. The second kappa shape index (κ2) is 6.06. The first-order valence-corrected chi connectivity index (χ1v) is 7.44. The lowest BCUT2D eigenvalue weighted by molar-refractivity contribution is -0.121. The third kappa shape index (κ3) is 3.03. The van der Waals surface area contributed by atoms with Crippen molar-refractivity contribution in [1.82, 2.24) is 5.32 Å². The maximum Gasteiger partial charge on any atom is 0.225 e. The van der Waals surface area contributed by atoms with Crippen molar-refractivity contribution in [3.63, 3.8) is 0 Å². The van der Waals surface area contributed by atoms with Gasteiger partial charge in [0.15, 0.2) is 0 Å². The zero-order chi connectivity index (χ0) is 15.5. The van der Waals surface area contributed by atoms with Gasteiger partial charge in [-0.3, -0.25) is 4.79 Å². The zero-order valence-corrected chi connectivity index (χ0v) is 12.8. The van der Waals surface area contributed by atoms with Gasteiger partial charge in [-0.1, -0.05) is 42.5 Å². The summed E-state index contributed by atoms with van der Waals surface area (Å²) in [5, 5.41) is 4.04. The summed E-state index contributed by atoms with van der Waals surface area (Å²) in [4.78, 5) is 12.3. The molecule has 1 atom stereocenters. The largest absolute Gasteiger partial charge is 0.464 e. The highest BCUT2D eigenvalue weighted by Crippen LogP contribution is 2.23. The molecule has 0 fully saturated rings. The average Bonchev–Trinajstić information content (AvgIpc) is 2.90. The van der Waals surface area contributed by atoms with Crippen molar-refractivity contribution in [1.29, 1.82) is 0 Å². The Balaban J connectivity index is 1.71. The lowest BCUT2D eigenvalue weighted by Gasteiger charge is -2.13. The Hall–Kier alpha value is -2.55. The standard InChI is InChI=1S/C19H19NO2/c1-13-8-9-17-16(12-22-18(17)10-13)11-19(21)20-14(2)15-6-4-3-5-7-15/h3-10,12,14H,11H2,1-2H3,(H,20,21). The van der Waals surface area contributed by atoms with Crippen molar-refractivity contribution < 1.29 is 9.21 Å².